The lowest BCUT2D eigenvalue weighted by molar-refractivity contribution is -0.126. The maximum absolute atomic E-state index is 12.7. The van der Waals surface area contributed by atoms with Crippen molar-refractivity contribution < 1.29 is 9.59 Å². The van der Waals surface area contributed by atoms with Crippen molar-refractivity contribution in [3.63, 3.8) is 0 Å². The molecule has 1 heterocycles. The zero-order valence-electron chi connectivity index (χ0n) is 13.8. The summed E-state index contributed by atoms with van der Waals surface area (Å²) in [5.74, 6) is -0.0840. The Balaban J connectivity index is 1.68. The molecule has 2 fully saturated rings. The molecule has 3 atom stereocenters. The Bertz CT molecular complexity index is 665. The van der Waals surface area contributed by atoms with E-state index in [4.69, 9.17) is 5.26 Å². The summed E-state index contributed by atoms with van der Waals surface area (Å²) in [5, 5.41) is 14.8. The topological polar surface area (TPSA) is 85.2 Å². The molecule has 0 aromatic heterocycles. The van der Waals surface area contributed by atoms with E-state index in [-0.39, 0.29) is 36.6 Å². The molecule has 6 heteroatoms. The van der Waals surface area contributed by atoms with Gasteiger partial charge in [-0.05, 0) is 37.5 Å². The number of rotatable bonds is 2. The summed E-state index contributed by atoms with van der Waals surface area (Å²) in [6.07, 6.45) is 4.06. The van der Waals surface area contributed by atoms with Crippen LogP contribution in [0.25, 0.3) is 0 Å². The summed E-state index contributed by atoms with van der Waals surface area (Å²) < 4.78 is 0. The maximum atomic E-state index is 12.7. The van der Waals surface area contributed by atoms with Crippen LogP contribution in [-0.4, -0.2) is 35.5 Å². The molecule has 1 aliphatic carbocycles. The summed E-state index contributed by atoms with van der Waals surface area (Å²) in [6, 6.07) is 9.04. The number of fused-ring (bicyclic) bond motifs is 1. The van der Waals surface area contributed by atoms with E-state index in [9.17, 15) is 9.59 Å². The third kappa shape index (κ3) is 3.35. The fraction of sp³-hybridized carbons (Fsp3) is 0.500. The van der Waals surface area contributed by atoms with Gasteiger partial charge in [0, 0.05) is 6.04 Å². The van der Waals surface area contributed by atoms with Crippen molar-refractivity contribution in [3.05, 3.63) is 35.4 Å². The Kier molecular flexibility index (Phi) is 4.70. The van der Waals surface area contributed by atoms with Crippen LogP contribution in [0.3, 0.4) is 0 Å². The number of carbonyl (C=O) groups excluding carboxylic acids is 2. The third-order valence-electron chi connectivity index (χ3n) is 4.93. The monoisotopic (exact) mass is 326 g/mol. The second-order valence-electron chi connectivity index (χ2n) is 6.56. The van der Waals surface area contributed by atoms with Gasteiger partial charge >= 0.3 is 6.03 Å². The first-order chi connectivity index (χ1) is 11.6. The van der Waals surface area contributed by atoms with Crippen molar-refractivity contribution in [3.8, 4) is 6.07 Å². The van der Waals surface area contributed by atoms with E-state index >= 15 is 0 Å². The molecule has 2 aliphatic rings. The van der Waals surface area contributed by atoms with Crippen molar-refractivity contribution in [2.75, 3.05) is 6.54 Å². The largest absolute Gasteiger partial charge is 0.350 e. The molecule has 126 valence electrons. The number of benzene rings is 1. The molecule has 1 aromatic rings. The summed E-state index contributed by atoms with van der Waals surface area (Å²) in [5.41, 5.74) is 1.53. The third-order valence-corrected chi connectivity index (χ3v) is 4.93. The van der Waals surface area contributed by atoms with Gasteiger partial charge in [-0.25, -0.2) is 4.79 Å². The second kappa shape index (κ2) is 6.91. The van der Waals surface area contributed by atoms with Crippen LogP contribution in [0, 0.1) is 11.3 Å². The van der Waals surface area contributed by atoms with E-state index in [0.29, 0.717) is 5.56 Å². The minimum atomic E-state index is -0.196. The Labute approximate surface area is 141 Å². The van der Waals surface area contributed by atoms with Crippen molar-refractivity contribution in [2.45, 2.75) is 50.7 Å². The number of amides is 3. The van der Waals surface area contributed by atoms with E-state index in [1.54, 1.807) is 17.0 Å². The van der Waals surface area contributed by atoms with Gasteiger partial charge in [0.05, 0.1) is 23.7 Å². The van der Waals surface area contributed by atoms with Gasteiger partial charge in [-0.2, -0.15) is 5.26 Å². The zero-order chi connectivity index (χ0) is 17.1. The predicted molar refractivity (Wildman–Crippen MR) is 89.0 cm³/mol. The van der Waals surface area contributed by atoms with E-state index in [1.807, 2.05) is 19.1 Å². The highest BCUT2D eigenvalue weighted by Crippen LogP contribution is 2.26. The zero-order valence-corrected chi connectivity index (χ0v) is 13.8. The van der Waals surface area contributed by atoms with Crippen LogP contribution in [0.1, 0.15) is 49.8 Å². The number of nitrogens with one attached hydrogen (secondary N) is 2. The molecular weight excluding hydrogens is 304 g/mol. The van der Waals surface area contributed by atoms with Crippen LogP contribution >= 0.6 is 0 Å². The molecule has 0 unspecified atom stereocenters. The Morgan fingerprint density at radius 2 is 2.04 bits per heavy atom. The number of nitrogens with zero attached hydrogens (tertiary/aromatic N) is 2. The van der Waals surface area contributed by atoms with E-state index < -0.39 is 0 Å². The Morgan fingerprint density at radius 1 is 1.33 bits per heavy atom. The molecule has 0 radical (unpaired) electrons. The first kappa shape index (κ1) is 16.3. The number of urea groups is 1. The van der Waals surface area contributed by atoms with Crippen LogP contribution in [0.4, 0.5) is 4.79 Å². The van der Waals surface area contributed by atoms with Crippen LogP contribution in [0.15, 0.2) is 24.3 Å². The van der Waals surface area contributed by atoms with Crippen molar-refractivity contribution in [1.29, 1.82) is 5.26 Å². The molecule has 0 spiro atoms. The quantitative estimate of drug-likeness (QED) is 0.872. The lowest BCUT2D eigenvalue weighted by Crippen LogP contribution is -2.64. The predicted octanol–water partition coefficient (Wildman–Crippen LogP) is 2.07. The van der Waals surface area contributed by atoms with Gasteiger partial charge in [0.15, 0.2) is 0 Å². The molecule has 1 aromatic carbocycles. The minimum Gasteiger partial charge on any atom is -0.350 e. The number of carbonyl (C=O) groups is 2. The number of hydrogen-bond donors (Lipinski definition) is 2. The van der Waals surface area contributed by atoms with Crippen LogP contribution in [0.2, 0.25) is 0 Å². The first-order valence-corrected chi connectivity index (χ1v) is 8.45. The van der Waals surface area contributed by atoms with Crippen LogP contribution in [0.5, 0.6) is 0 Å². The summed E-state index contributed by atoms with van der Waals surface area (Å²) in [6.45, 7) is 2.02. The van der Waals surface area contributed by atoms with E-state index in [0.717, 1.165) is 31.2 Å². The summed E-state index contributed by atoms with van der Waals surface area (Å²) in [4.78, 5) is 26.3. The molecule has 1 aliphatic heterocycles. The van der Waals surface area contributed by atoms with E-state index in [1.165, 1.54) is 0 Å². The molecule has 3 rings (SSSR count). The van der Waals surface area contributed by atoms with Gasteiger partial charge in [0.1, 0.15) is 6.54 Å². The van der Waals surface area contributed by atoms with E-state index in [2.05, 4.69) is 16.7 Å². The smallest absolute Gasteiger partial charge is 0.318 e. The summed E-state index contributed by atoms with van der Waals surface area (Å²) in [7, 11) is 0. The highest BCUT2D eigenvalue weighted by Gasteiger charge is 2.39. The van der Waals surface area contributed by atoms with Gasteiger partial charge in [0.2, 0.25) is 5.91 Å². The standard InChI is InChI=1S/C18H22N4O2/c1-12(14-8-6-13(10-19)7-9-14)20-18(24)22-11-17(23)21-15-4-2-3-5-16(15)22/h6-9,12,15-16H,2-5,11H2,1H3,(H,20,24)(H,21,23)/t12-,15-,16-/m0/s1. The Morgan fingerprint density at radius 3 is 2.75 bits per heavy atom. The lowest BCUT2D eigenvalue weighted by Gasteiger charge is -2.44. The van der Waals surface area contributed by atoms with Gasteiger partial charge in [-0.1, -0.05) is 25.0 Å². The van der Waals surface area contributed by atoms with Crippen molar-refractivity contribution in [1.82, 2.24) is 15.5 Å². The molecule has 24 heavy (non-hydrogen) atoms. The van der Waals surface area contributed by atoms with Crippen LogP contribution < -0.4 is 10.6 Å². The molecule has 1 saturated carbocycles. The van der Waals surface area contributed by atoms with Gasteiger partial charge in [-0.3, -0.25) is 4.79 Å². The van der Waals surface area contributed by atoms with Crippen molar-refractivity contribution >= 4 is 11.9 Å². The molecule has 2 N–H and O–H groups in total. The average molecular weight is 326 g/mol. The van der Waals surface area contributed by atoms with Crippen molar-refractivity contribution in [2.24, 2.45) is 0 Å². The van der Waals surface area contributed by atoms with Crippen LogP contribution in [-0.2, 0) is 4.79 Å². The second-order valence-corrected chi connectivity index (χ2v) is 6.56. The number of hydrogen-bond acceptors (Lipinski definition) is 3. The maximum Gasteiger partial charge on any atom is 0.318 e. The minimum absolute atomic E-state index is 0.0796. The average Bonchev–Trinajstić information content (AvgIpc) is 2.60. The lowest BCUT2D eigenvalue weighted by atomic mass is 9.87. The fourth-order valence-electron chi connectivity index (χ4n) is 3.60. The molecule has 1 saturated heterocycles. The van der Waals surface area contributed by atoms with Gasteiger partial charge in [-0.15, -0.1) is 0 Å². The molecule has 3 amide bonds. The number of piperazine rings is 1. The first-order valence-electron chi connectivity index (χ1n) is 8.45. The molecular formula is C18H22N4O2. The summed E-state index contributed by atoms with van der Waals surface area (Å²) >= 11 is 0. The molecule has 6 nitrogen and oxygen atoms in total. The Hall–Kier alpha value is -2.55. The molecule has 0 bridgehead atoms. The fourth-order valence-corrected chi connectivity index (χ4v) is 3.60. The number of nitriles is 1. The SMILES string of the molecule is C[C@H](NC(=O)N1CC(=O)N[C@H]2CCCC[C@@H]21)c1ccc(C#N)cc1. The highest BCUT2D eigenvalue weighted by molar-refractivity contribution is 5.86. The highest BCUT2D eigenvalue weighted by atomic mass is 16.2. The normalized spacial score (nSPS) is 24.3. The van der Waals surface area contributed by atoms with Gasteiger partial charge in [0.25, 0.3) is 0 Å². The van der Waals surface area contributed by atoms with Gasteiger partial charge < -0.3 is 15.5 Å².